The number of aliphatic hydroxyl groups excluding tert-OH is 1. The fourth-order valence-electron chi connectivity index (χ4n) is 1.80. The van der Waals surface area contributed by atoms with E-state index in [0.29, 0.717) is 18.4 Å². The van der Waals surface area contributed by atoms with Crippen LogP contribution in [0.15, 0.2) is 18.2 Å². The van der Waals surface area contributed by atoms with Crippen molar-refractivity contribution in [2.24, 2.45) is 0 Å². The standard InChI is InChI=1S/C17H23NO4/c1-17(2,3)18-16(21)22-12-6-10-14-8-4-7-13(15(14)20)9-5-11-19/h4,7-8,19-20H,6,10-12H2,1-3H3,(H,18,21). The molecule has 5 heteroatoms. The second-order valence-corrected chi connectivity index (χ2v) is 5.89. The molecule has 0 aliphatic carbocycles. The summed E-state index contributed by atoms with van der Waals surface area (Å²) in [6, 6.07) is 5.28. The SMILES string of the molecule is CC(C)(C)NC(=O)OCCCc1cccc(C#CCO)c1O. The lowest BCUT2D eigenvalue weighted by molar-refractivity contribution is 0.136. The fourth-order valence-corrected chi connectivity index (χ4v) is 1.80. The third kappa shape index (κ3) is 6.51. The first kappa shape index (κ1) is 17.9. The van der Waals surface area contributed by atoms with E-state index in [2.05, 4.69) is 17.2 Å². The largest absolute Gasteiger partial charge is 0.506 e. The third-order valence-corrected chi connectivity index (χ3v) is 2.72. The summed E-state index contributed by atoms with van der Waals surface area (Å²) >= 11 is 0. The van der Waals surface area contributed by atoms with E-state index in [1.54, 1.807) is 18.2 Å². The van der Waals surface area contributed by atoms with Gasteiger partial charge in [-0.25, -0.2) is 4.79 Å². The van der Waals surface area contributed by atoms with Crippen LogP contribution in [0.2, 0.25) is 0 Å². The van der Waals surface area contributed by atoms with Crippen LogP contribution < -0.4 is 5.32 Å². The van der Waals surface area contributed by atoms with Gasteiger partial charge < -0.3 is 20.3 Å². The Kier molecular flexibility index (Phi) is 6.74. The van der Waals surface area contributed by atoms with Gasteiger partial charge in [0, 0.05) is 5.54 Å². The average Bonchev–Trinajstić information content (AvgIpc) is 2.42. The number of carbonyl (C=O) groups excluding carboxylic acids is 1. The highest BCUT2D eigenvalue weighted by Crippen LogP contribution is 2.22. The van der Waals surface area contributed by atoms with E-state index in [4.69, 9.17) is 9.84 Å². The van der Waals surface area contributed by atoms with Crippen LogP contribution in [-0.4, -0.2) is 35.1 Å². The van der Waals surface area contributed by atoms with E-state index in [-0.39, 0.29) is 24.5 Å². The molecule has 0 aliphatic heterocycles. The molecule has 22 heavy (non-hydrogen) atoms. The summed E-state index contributed by atoms with van der Waals surface area (Å²) in [6.45, 7) is 5.66. The molecule has 0 spiro atoms. The Labute approximate surface area is 131 Å². The zero-order chi connectivity index (χ0) is 16.6. The topological polar surface area (TPSA) is 78.8 Å². The second kappa shape index (κ2) is 8.30. The van der Waals surface area contributed by atoms with Crippen LogP contribution >= 0.6 is 0 Å². The molecule has 0 radical (unpaired) electrons. The number of rotatable bonds is 4. The van der Waals surface area contributed by atoms with E-state index in [1.807, 2.05) is 20.8 Å². The smallest absolute Gasteiger partial charge is 0.407 e. The molecule has 0 heterocycles. The van der Waals surface area contributed by atoms with Gasteiger partial charge in [0.05, 0.1) is 12.2 Å². The molecular formula is C17H23NO4. The summed E-state index contributed by atoms with van der Waals surface area (Å²) in [6.07, 6.45) is 0.727. The molecule has 1 amide bonds. The van der Waals surface area contributed by atoms with Crippen LogP contribution in [-0.2, 0) is 11.2 Å². The zero-order valence-electron chi connectivity index (χ0n) is 13.3. The summed E-state index contributed by atoms with van der Waals surface area (Å²) in [5.74, 6) is 5.31. The van der Waals surface area contributed by atoms with Gasteiger partial charge in [-0.3, -0.25) is 0 Å². The molecule has 1 aromatic carbocycles. The second-order valence-electron chi connectivity index (χ2n) is 5.89. The molecule has 0 saturated carbocycles. The molecule has 0 bridgehead atoms. The predicted molar refractivity (Wildman–Crippen MR) is 84.6 cm³/mol. The molecule has 0 unspecified atom stereocenters. The number of para-hydroxylation sites is 1. The maximum Gasteiger partial charge on any atom is 0.407 e. The number of phenols is 1. The minimum absolute atomic E-state index is 0.114. The highest BCUT2D eigenvalue weighted by Gasteiger charge is 2.14. The van der Waals surface area contributed by atoms with Crippen molar-refractivity contribution in [2.45, 2.75) is 39.2 Å². The van der Waals surface area contributed by atoms with Crippen LogP contribution in [0.5, 0.6) is 5.75 Å². The molecule has 1 aromatic rings. The van der Waals surface area contributed by atoms with Crippen LogP contribution in [0.25, 0.3) is 0 Å². The lowest BCUT2D eigenvalue weighted by Gasteiger charge is -2.19. The number of alkyl carbamates (subject to hydrolysis) is 1. The Morgan fingerprint density at radius 1 is 1.36 bits per heavy atom. The number of phenolic OH excluding ortho intramolecular Hbond substituents is 1. The highest BCUT2D eigenvalue weighted by molar-refractivity contribution is 5.68. The summed E-state index contributed by atoms with van der Waals surface area (Å²) in [7, 11) is 0. The van der Waals surface area contributed by atoms with Crippen molar-refractivity contribution >= 4 is 6.09 Å². The quantitative estimate of drug-likeness (QED) is 0.588. The van der Waals surface area contributed by atoms with E-state index in [1.165, 1.54) is 0 Å². The minimum Gasteiger partial charge on any atom is -0.506 e. The first-order valence-corrected chi connectivity index (χ1v) is 7.19. The molecule has 0 saturated heterocycles. The van der Waals surface area contributed by atoms with Crippen molar-refractivity contribution in [1.29, 1.82) is 0 Å². The summed E-state index contributed by atoms with van der Waals surface area (Å²) < 4.78 is 5.08. The summed E-state index contributed by atoms with van der Waals surface area (Å²) in [4.78, 5) is 11.5. The summed E-state index contributed by atoms with van der Waals surface area (Å²) in [5, 5.41) is 21.5. The molecule has 0 fully saturated rings. The van der Waals surface area contributed by atoms with Gasteiger partial charge in [0.15, 0.2) is 0 Å². The first-order chi connectivity index (χ1) is 10.3. The number of benzene rings is 1. The van der Waals surface area contributed by atoms with Gasteiger partial charge in [0.1, 0.15) is 12.4 Å². The molecule has 1 rings (SSSR count). The predicted octanol–water partition coefficient (Wildman–Crippen LogP) is 2.19. The normalized spacial score (nSPS) is 10.5. The number of aliphatic hydroxyl groups is 1. The molecule has 0 aromatic heterocycles. The highest BCUT2D eigenvalue weighted by atomic mass is 16.5. The Morgan fingerprint density at radius 3 is 2.73 bits per heavy atom. The van der Waals surface area contributed by atoms with E-state index in [9.17, 15) is 9.90 Å². The Morgan fingerprint density at radius 2 is 2.09 bits per heavy atom. The lowest BCUT2D eigenvalue weighted by Crippen LogP contribution is -2.41. The molecule has 5 nitrogen and oxygen atoms in total. The van der Waals surface area contributed by atoms with E-state index >= 15 is 0 Å². The lowest BCUT2D eigenvalue weighted by atomic mass is 10.0. The Bertz CT molecular complexity index is 564. The van der Waals surface area contributed by atoms with Gasteiger partial charge in [-0.05, 0) is 45.2 Å². The van der Waals surface area contributed by atoms with Crippen molar-refractivity contribution < 1.29 is 19.7 Å². The number of amides is 1. The Balaban J connectivity index is 2.47. The van der Waals surface area contributed by atoms with Gasteiger partial charge >= 0.3 is 6.09 Å². The summed E-state index contributed by atoms with van der Waals surface area (Å²) in [5.41, 5.74) is 0.900. The van der Waals surface area contributed by atoms with Gasteiger partial charge in [-0.15, -0.1) is 0 Å². The van der Waals surface area contributed by atoms with Crippen LogP contribution in [0.3, 0.4) is 0 Å². The third-order valence-electron chi connectivity index (χ3n) is 2.72. The number of carbonyl (C=O) groups is 1. The molecule has 120 valence electrons. The van der Waals surface area contributed by atoms with Crippen molar-refractivity contribution in [1.82, 2.24) is 5.32 Å². The zero-order valence-corrected chi connectivity index (χ0v) is 13.3. The average molecular weight is 305 g/mol. The van der Waals surface area contributed by atoms with Crippen LogP contribution in [0, 0.1) is 11.8 Å². The van der Waals surface area contributed by atoms with E-state index in [0.717, 1.165) is 5.56 Å². The maximum atomic E-state index is 11.5. The van der Waals surface area contributed by atoms with Crippen LogP contribution in [0.1, 0.15) is 38.3 Å². The van der Waals surface area contributed by atoms with Gasteiger partial charge in [-0.1, -0.05) is 24.0 Å². The number of hydrogen-bond donors (Lipinski definition) is 3. The van der Waals surface area contributed by atoms with Crippen molar-refractivity contribution in [3.8, 4) is 17.6 Å². The van der Waals surface area contributed by atoms with E-state index < -0.39 is 6.09 Å². The van der Waals surface area contributed by atoms with Crippen LogP contribution in [0.4, 0.5) is 4.79 Å². The van der Waals surface area contributed by atoms with Gasteiger partial charge in [0.25, 0.3) is 0 Å². The number of aromatic hydroxyl groups is 1. The number of aryl methyl sites for hydroxylation is 1. The number of hydrogen-bond acceptors (Lipinski definition) is 4. The molecule has 0 aliphatic rings. The van der Waals surface area contributed by atoms with Gasteiger partial charge in [0.2, 0.25) is 0 Å². The number of nitrogens with one attached hydrogen (secondary N) is 1. The van der Waals surface area contributed by atoms with Gasteiger partial charge in [-0.2, -0.15) is 0 Å². The van der Waals surface area contributed by atoms with Crippen molar-refractivity contribution in [3.63, 3.8) is 0 Å². The Hall–Kier alpha value is -2.19. The molecular weight excluding hydrogens is 282 g/mol. The number of ether oxygens (including phenoxy) is 1. The molecule has 3 N–H and O–H groups in total. The first-order valence-electron chi connectivity index (χ1n) is 7.19. The maximum absolute atomic E-state index is 11.5. The monoisotopic (exact) mass is 305 g/mol. The van der Waals surface area contributed by atoms with Crippen molar-refractivity contribution in [2.75, 3.05) is 13.2 Å². The van der Waals surface area contributed by atoms with Crippen molar-refractivity contribution in [3.05, 3.63) is 29.3 Å². The fraction of sp³-hybridized carbons (Fsp3) is 0.471. The molecule has 0 atom stereocenters. The minimum atomic E-state index is -0.445.